The minimum atomic E-state index is -3.13. The minimum absolute atomic E-state index is 0.142. The van der Waals surface area contributed by atoms with E-state index in [0.29, 0.717) is 4.90 Å². The highest BCUT2D eigenvalue weighted by Crippen LogP contribution is 2.25. The van der Waals surface area contributed by atoms with E-state index in [2.05, 4.69) is 5.32 Å². The third-order valence-electron chi connectivity index (χ3n) is 4.01. The first kappa shape index (κ1) is 12.2. The van der Waals surface area contributed by atoms with Crippen molar-refractivity contribution in [2.75, 3.05) is 12.3 Å². The standard InChI is InChI=1S/C14H19NO2S/c16-18(17,10-13-5-2-8-15-13)14-7-6-11-3-1-4-12(11)9-14/h6-7,9,13,15H,1-5,8,10H2/t13-/m1/s1. The molecule has 0 spiro atoms. The second-order valence-electron chi connectivity index (χ2n) is 5.36. The molecule has 0 aromatic heterocycles. The molecule has 1 fully saturated rings. The summed E-state index contributed by atoms with van der Waals surface area (Å²) in [6, 6.07) is 5.82. The van der Waals surface area contributed by atoms with Gasteiger partial charge in [0.25, 0.3) is 0 Å². The first-order valence-electron chi connectivity index (χ1n) is 6.73. The maximum atomic E-state index is 12.3. The maximum Gasteiger partial charge on any atom is 0.179 e. The van der Waals surface area contributed by atoms with Crippen molar-refractivity contribution in [3.8, 4) is 0 Å². The van der Waals surface area contributed by atoms with Gasteiger partial charge in [-0.05, 0) is 61.9 Å². The maximum absolute atomic E-state index is 12.3. The fourth-order valence-corrected chi connectivity index (χ4v) is 4.61. The molecule has 0 radical (unpaired) electrons. The van der Waals surface area contributed by atoms with Crippen molar-refractivity contribution in [2.45, 2.75) is 43.0 Å². The zero-order valence-electron chi connectivity index (χ0n) is 10.5. The van der Waals surface area contributed by atoms with Crippen molar-refractivity contribution in [1.82, 2.24) is 5.32 Å². The molecule has 0 bridgehead atoms. The number of rotatable bonds is 3. The molecule has 3 rings (SSSR count). The zero-order valence-corrected chi connectivity index (χ0v) is 11.3. The monoisotopic (exact) mass is 265 g/mol. The number of aryl methyl sites for hydroxylation is 2. The van der Waals surface area contributed by atoms with Crippen LogP contribution in [0.5, 0.6) is 0 Å². The molecule has 18 heavy (non-hydrogen) atoms. The molecule has 1 aromatic carbocycles. The molecule has 2 aliphatic rings. The van der Waals surface area contributed by atoms with E-state index in [1.165, 1.54) is 11.1 Å². The summed E-state index contributed by atoms with van der Waals surface area (Å²) < 4.78 is 24.7. The molecule has 4 heteroatoms. The summed E-state index contributed by atoms with van der Waals surface area (Å²) in [5.74, 6) is 0.242. The lowest BCUT2D eigenvalue weighted by Crippen LogP contribution is -2.30. The van der Waals surface area contributed by atoms with E-state index in [-0.39, 0.29) is 11.8 Å². The molecule has 1 aliphatic heterocycles. The van der Waals surface area contributed by atoms with E-state index in [1.807, 2.05) is 12.1 Å². The smallest absolute Gasteiger partial charge is 0.179 e. The second kappa shape index (κ2) is 4.67. The summed E-state index contributed by atoms with van der Waals surface area (Å²) in [5, 5.41) is 3.26. The predicted octanol–water partition coefficient (Wildman–Crippen LogP) is 1.70. The third-order valence-corrected chi connectivity index (χ3v) is 5.83. The Hall–Kier alpha value is -0.870. The molecular formula is C14H19NO2S. The molecule has 1 N–H and O–H groups in total. The highest BCUT2D eigenvalue weighted by atomic mass is 32.2. The van der Waals surface area contributed by atoms with Gasteiger partial charge < -0.3 is 5.32 Å². The summed E-state index contributed by atoms with van der Waals surface area (Å²) in [5.41, 5.74) is 2.56. The van der Waals surface area contributed by atoms with Crippen LogP contribution in [0.15, 0.2) is 23.1 Å². The molecular weight excluding hydrogens is 246 g/mol. The van der Waals surface area contributed by atoms with E-state index in [1.54, 1.807) is 6.07 Å². The van der Waals surface area contributed by atoms with Crippen LogP contribution in [0.2, 0.25) is 0 Å². The topological polar surface area (TPSA) is 46.2 Å². The highest BCUT2D eigenvalue weighted by Gasteiger charge is 2.24. The van der Waals surface area contributed by atoms with Crippen molar-refractivity contribution in [3.63, 3.8) is 0 Å². The lowest BCUT2D eigenvalue weighted by atomic mass is 10.1. The first-order chi connectivity index (χ1) is 8.65. The molecule has 0 unspecified atom stereocenters. The molecule has 1 atom stereocenters. The van der Waals surface area contributed by atoms with Crippen LogP contribution in [-0.4, -0.2) is 26.8 Å². The largest absolute Gasteiger partial charge is 0.313 e. The Kier molecular flexibility index (Phi) is 3.16. The Balaban J connectivity index is 1.84. The zero-order chi connectivity index (χ0) is 12.6. The number of sulfone groups is 1. The normalized spacial score (nSPS) is 23.2. The second-order valence-corrected chi connectivity index (χ2v) is 7.39. The van der Waals surface area contributed by atoms with Crippen molar-refractivity contribution in [1.29, 1.82) is 0 Å². The van der Waals surface area contributed by atoms with Crippen molar-refractivity contribution in [2.24, 2.45) is 0 Å². The number of hydrogen-bond donors (Lipinski definition) is 1. The number of hydrogen-bond acceptors (Lipinski definition) is 3. The van der Waals surface area contributed by atoms with Crippen LogP contribution in [0.1, 0.15) is 30.4 Å². The average Bonchev–Trinajstić information content (AvgIpc) is 2.97. The Labute approximate surface area is 109 Å². The Morgan fingerprint density at radius 1 is 1.17 bits per heavy atom. The molecule has 0 saturated carbocycles. The molecule has 1 aliphatic carbocycles. The van der Waals surface area contributed by atoms with Gasteiger partial charge in [0.05, 0.1) is 10.6 Å². The summed E-state index contributed by atoms with van der Waals surface area (Å²) in [6.45, 7) is 0.949. The lowest BCUT2D eigenvalue weighted by molar-refractivity contribution is 0.577. The van der Waals surface area contributed by atoms with E-state index in [9.17, 15) is 8.42 Å². The van der Waals surface area contributed by atoms with E-state index >= 15 is 0 Å². The van der Waals surface area contributed by atoms with Crippen LogP contribution in [-0.2, 0) is 22.7 Å². The molecule has 1 saturated heterocycles. The third kappa shape index (κ3) is 2.31. The number of fused-ring (bicyclic) bond motifs is 1. The van der Waals surface area contributed by atoms with Crippen molar-refractivity contribution < 1.29 is 8.42 Å². The lowest BCUT2D eigenvalue weighted by Gasteiger charge is -2.11. The highest BCUT2D eigenvalue weighted by molar-refractivity contribution is 7.91. The van der Waals surface area contributed by atoms with E-state index in [4.69, 9.17) is 0 Å². The van der Waals surface area contributed by atoms with Gasteiger partial charge in [-0.15, -0.1) is 0 Å². The van der Waals surface area contributed by atoms with Gasteiger partial charge in [0, 0.05) is 6.04 Å². The van der Waals surface area contributed by atoms with Gasteiger partial charge in [-0.1, -0.05) is 6.07 Å². The van der Waals surface area contributed by atoms with Gasteiger partial charge >= 0.3 is 0 Å². The molecule has 98 valence electrons. The summed E-state index contributed by atoms with van der Waals surface area (Å²) in [7, 11) is -3.13. The Morgan fingerprint density at radius 2 is 2.00 bits per heavy atom. The van der Waals surface area contributed by atoms with Crippen LogP contribution >= 0.6 is 0 Å². The van der Waals surface area contributed by atoms with Gasteiger partial charge in [-0.3, -0.25) is 0 Å². The summed E-state index contributed by atoms with van der Waals surface area (Å²) in [6.07, 6.45) is 5.35. The summed E-state index contributed by atoms with van der Waals surface area (Å²) in [4.78, 5) is 0.511. The average molecular weight is 265 g/mol. The van der Waals surface area contributed by atoms with Crippen LogP contribution in [0, 0.1) is 0 Å². The fourth-order valence-electron chi connectivity index (χ4n) is 3.00. The quantitative estimate of drug-likeness (QED) is 0.905. The Morgan fingerprint density at radius 3 is 2.78 bits per heavy atom. The predicted molar refractivity (Wildman–Crippen MR) is 71.5 cm³/mol. The van der Waals surface area contributed by atoms with E-state index in [0.717, 1.165) is 38.6 Å². The number of benzene rings is 1. The molecule has 3 nitrogen and oxygen atoms in total. The van der Waals surface area contributed by atoms with Crippen LogP contribution in [0.4, 0.5) is 0 Å². The van der Waals surface area contributed by atoms with Crippen LogP contribution in [0.25, 0.3) is 0 Å². The van der Waals surface area contributed by atoms with Gasteiger partial charge in [-0.25, -0.2) is 8.42 Å². The molecule has 1 aromatic rings. The van der Waals surface area contributed by atoms with Crippen molar-refractivity contribution >= 4 is 9.84 Å². The first-order valence-corrected chi connectivity index (χ1v) is 8.38. The number of nitrogens with one attached hydrogen (secondary N) is 1. The van der Waals surface area contributed by atoms with Crippen molar-refractivity contribution in [3.05, 3.63) is 29.3 Å². The minimum Gasteiger partial charge on any atom is -0.313 e. The molecule has 1 heterocycles. The van der Waals surface area contributed by atoms with Crippen LogP contribution < -0.4 is 5.32 Å². The molecule has 0 amide bonds. The summed E-state index contributed by atoms with van der Waals surface area (Å²) >= 11 is 0. The SMILES string of the molecule is O=S(=O)(C[C@H]1CCCN1)c1ccc2c(c1)CCC2. The fraction of sp³-hybridized carbons (Fsp3) is 0.571. The van der Waals surface area contributed by atoms with Gasteiger partial charge in [-0.2, -0.15) is 0 Å². The van der Waals surface area contributed by atoms with Gasteiger partial charge in [0.15, 0.2) is 9.84 Å². The van der Waals surface area contributed by atoms with E-state index < -0.39 is 9.84 Å². The van der Waals surface area contributed by atoms with Gasteiger partial charge in [0.2, 0.25) is 0 Å². The Bertz CT molecular complexity index is 545. The van der Waals surface area contributed by atoms with Gasteiger partial charge in [0.1, 0.15) is 0 Å². The van der Waals surface area contributed by atoms with Crippen LogP contribution in [0.3, 0.4) is 0 Å².